The molecule has 0 radical (unpaired) electrons. The van der Waals surface area contributed by atoms with Crippen molar-refractivity contribution in [3.63, 3.8) is 0 Å². The number of anilines is 1. The fourth-order valence-corrected chi connectivity index (χ4v) is 2.82. The predicted molar refractivity (Wildman–Crippen MR) is 84.7 cm³/mol. The third-order valence-electron chi connectivity index (χ3n) is 3.79. The van der Waals surface area contributed by atoms with Crippen molar-refractivity contribution in [3.05, 3.63) is 65.7 Å². The summed E-state index contributed by atoms with van der Waals surface area (Å²) in [6, 6.07) is 19.5. The Labute approximate surface area is 121 Å². The highest BCUT2D eigenvalue weighted by Gasteiger charge is 2.25. The summed E-state index contributed by atoms with van der Waals surface area (Å²) in [4.78, 5) is 2.42. The summed E-state index contributed by atoms with van der Waals surface area (Å²) in [5, 5.41) is 0. The number of hydrogen-bond donors (Lipinski definition) is 0. The van der Waals surface area contributed by atoms with Crippen LogP contribution in [0.5, 0.6) is 0 Å². The smallest absolute Gasteiger partial charge is 0.116 e. The first kappa shape index (κ1) is 12.8. The van der Waals surface area contributed by atoms with Crippen LogP contribution in [0, 0.1) is 11.8 Å². The quantitative estimate of drug-likeness (QED) is 0.695. The molecule has 2 aromatic rings. The van der Waals surface area contributed by atoms with Crippen LogP contribution in [-0.4, -0.2) is 6.54 Å². The minimum atomic E-state index is 0.183. The Morgan fingerprint density at radius 1 is 1.05 bits per heavy atom. The molecule has 1 aliphatic rings. The van der Waals surface area contributed by atoms with Crippen LogP contribution in [-0.2, 0) is 6.42 Å². The molecule has 0 saturated heterocycles. The van der Waals surface area contributed by atoms with E-state index in [0.29, 0.717) is 0 Å². The Morgan fingerprint density at radius 3 is 2.60 bits per heavy atom. The number of benzene rings is 2. The zero-order chi connectivity index (χ0) is 13.8. The molecule has 0 fully saturated rings. The molecular weight excluding hydrogens is 242 g/mol. The highest BCUT2D eigenvalue weighted by atomic mass is 15.2. The minimum Gasteiger partial charge on any atom is -0.353 e. The van der Waals surface area contributed by atoms with E-state index in [4.69, 9.17) is 0 Å². The van der Waals surface area contributed by atoms with Gasteiger partial charge in [-0.2, -0.15) is 0 Å². The van der Waals surface area contributed by atoms with Gasteiger partial charge in [-0.15, -0.1) is 5.92 Å². The molecule has 0 N–H and O–H groups in total. The van der Waals surface area contributed by atoms with Gasteiger partial charge in [0, 0.05) is 18.7 Å². The topological polar surface area (TPSA) is 3.24 Å². The first-order valence-corrected chi connectivity index (χ1v) is 7.28. The van der Waals surface area contributed by atoms with Crippen LogP contribution in [0.3, 0.4) is 0 Å². The highest BCUT2D eigenvalue weighted by Crippen LogP contribution is 2.33. The molecule has 0 spiro atoms. The fourth-order valence-electron chi connectivity index (χ4n) is 2.82. The molecule has 0 bridgehead atoms. The number of para-hydroxylation sites is 1. The van der Waals surface area contributed by atoms with Crippen molar-refractivity contribution in [1.82, 2.24) is 0 Å². The van der Waals surface area contributed by atoms with E-state index in [-0.39, 0.29) is 6.04 Å². The van der Waals surface area contributed by atoms with Crippen LogP contribution < -0.4 is 4.90 Å². The van der Waals surface area contributed by atoms with Gasteiger partial charge in [0.15, 0.2) is 0 Å². The minimum absolute atomic E-state index is 0.183. The van der Waals surface area contributed by atoms with Crippen molar-refractivity contribution in [2.75, 3.05) is 11.4 Å². The third-order valence-corrected chi connectivity index (χ3v) is 3.79. The van der Waals surface area contributed by atoms with E-state index in [0.717, 1.165) is 19.4 Å². The Bertz CT molecular complexity index is 634. The lowest BCUT2D eigenvalue weighted by molar-refractivity contribution is 0.681. The summed E-state index contributed by atoms with van der Waals surface area (Å²) >= 11 is 0. The Kier molecular flexibility index (Phi) is 3.74. The Hall–Kier alpha value is -2.20. The average Bonchev–Trinajstić information content (AvgIpc) is 2.53. The van der Waals surface area contributed by atoms with Crippen LogP contribution in [0.2, 0.25) is 0 Å². The van der Waals surface area contributed by atoms with Crippen molar-refractivity contribution in [3.8, 4) is 11.8 Å². The van der Waals surface area contributed by atoms with Crippen LogP contribution in [0.15, 0.2) is 54.6 Å². The third kappa shape index (κ3) is 2.42. The van der Waals surface area contributed by atoms with E-state index < -0.39 is 0 Å². The van der Waals surface area contributed by atoms with Gasteiger partial charge in [-0.1, -0.05) is 55.3 Å². The van der Waals surface area contributed by atoms with Gasteiger partial charge in [0.2, 0.25) is 0 Å². The Balaban J connectivity index is 2.04. The molecule has 0 saturated carbocycles. The van der Waals surface area contributed by atoms with Crippen LogP contribution in [0.25, 0.3) is 0 Å². The van der Waals surface area contributed by atoms with Crippen molar-refractivity contribution in [2.24, 2.45) is 0 Å². The number of nitrogens with zero attached hydrogens (tertiary/aromatic N) is 1. The van der Waals surface area contributed by atoms with Gasteiger partial charge in [0.25, 0.3) is 0 Å². The summed E-state index contributed by atoms with van der Waals surface area (Å²) in [5.74, 6) is 6.72. The van der Waals surface area contributed by atoms with Crippen molar-refractivity contribution < 1.29 is 0 Å². The lowest BCUT2D eigenvalue weighted by Crippen LogP contribution is -2.34. The summed E-state index contributed by atoms with van der Waals surface area (Å²) < 4.78 is 0. The molecular formula is C19H19N. The van der Waals surface area contributed by atoms with Crippen LogP contribution in [0.1, 0.15) is 30.5 Å². The maximum Gasteiger partial charge on any atom is 0.116 e. The maximum atomic E-state index is 3.45. The van der Waals surface area contributed by atoms with Gasteiger partial charge in [0.05, 0.1) is 0 Å². The number of rotatable bonds is 1. The van der Waals surface area contributed by atoms with Gasteiger partial charge in [0.1, 0.15) is 6.04 Å². The Morgan fingerprint density at radius 2 is 1.80 bits per heavy atom. The van der Waals surface area contributed by atoms with E-state index >= 15 is 0 Å². The lowest BCUT2D eigenvalue weighted by atomic mass is 9.92. The van der Waals surface area contributed by atoms with Crippen molar-refractivity contribution in [1.29, 1.82) is 0 Å². The molecule has 0 aliphatic carbocycles. The summed E-state index contributed by atoms with van der Waals surface area (Å²) in [5.41, 5.74) is 4.07. The summed E-state index contributed by atoms with van der Waals surface area (Å²) in [6.45, 7) is 3.14. The second kappa shape index (κ2) is 5.84. The average molecular weight is 261 g/mol. The van der Waals surface area contributed by atoms with E-state index in [9.17, 15) is 0 Å². The van der Waals surface area contributed by atoms with Gasteiger partial charge >= 0.3 is 0 Å². The fraction of sp³-hybridized carbons (Fsp3) is 0.263. The summed E-state index contributed by atoms with van der Waals surface area (Å²) in [6.07, 6.45) is 2.00. The molecule has 1 unspecified atom stereocenters. The standard InChI is InChI=1S/C19H19N/c1-2-3-13-19-18-12-8-7-9-16(18)14-15-20(19)17-10-5-4-6-11-17/h4-12,19H,2,14-15H2,1H3. The first-order valence-electron chi connectivity index (χ1n) is 7.28. The molecule has 1 aliphatic heterocycles. The number of hydrogen-bond acceptors (Lipinski definition) is 1. The molecule has 2 aromatic carbocycles. The molecule has 1 atom stereocenters. The van der Waals surface area contributed by atoms with Crippen molar-refractivity contribution in [2.45, 2.75) is 25.8 Å². The van der Waals surface area contributed by atoms with E-state index in [2.05, 4.69) is 78.3 Å². The zero-order valence-corrected chi connectivity index (χ0v) is 11.8. The second-order valence-electron chi connectivity index (χ2n) is 5.05. The van der Waals surface area contributed by atoms with Gasteiger partial charge in [-0.05, 0) is 29.7 Å². The van der Waals surface area contributed by atoms with Crippen LogP contribution in [0.4, 0.5) is 5.69 Å². The molecule has 20 heavy (non-hydrogen) atoms. The van der Waals surface area contributed by atoms with Gasteiger partial charge in [-0.25, -0.2) is 0 Å². The largest absolute Gasteiger partial charge is 0.353 e. The maximum absolute atomic E-state index is 3.45. The highest BCUT2D eigenvalue weighted by molar-refractivity contribution is 5.54. The number of fused-ring (bicyclic) bond motifs is 1. The van der Waals surface area contributed by atoms with Crippen LogP contribution >= 0.6 is 0 Å². The predicted octanol–water partition coefficient (Wildman–Crippen LogP) is 4.20. The molecule has 3 rings (SSSR count). The zero-order valence-electron chi connectivity index (χ0n) is 11.8. The molecule has 100 valence electrons. The molecule has 1 nitrogen and oxygen atoms in total. The van der Waals surface area contributed by atoms with E-state index in [1.807, 2.05) is 0 Å². The summed E-state index contributed by atoms with van der Waals surface area (Å²) in [7, 11) is 0. The van der Waals surface area contributed by atoms with E-state index in [1.54, 1.807) is 0 Å². The second-order valence-corrected chi connectivity index (χ2v) is 5.05. The van der Waals surface area contributed by atoms with E-state index in [1.165, 1.54) is 16.8 Å². The molecule has 1 heterocycles. The van der Waals surface area contributed by atoms with Gasteiger partial charge < -0.3 is 4.90 Å². The molecule has 0 amide bonds. The SMILES string of the molecule is CCC#CC1c2ccccc2CCN1c1ccccc1. The lowest BCUT2D eigenvalue weighted by Gasteiger charge is -2.36. The first-order chi connectivity index (χ1) is 9.90. The van der Waals surface area contributed by atoms with Crippen molar-refractivity contribution >= 4 is 5.69 Å². The molecule has 0 aromatic heterocycles. The molecule has 1 heteroatoms. The normalized spacial score (nSPS) is 17.1. The van der Waals surface area contributed by atoms with Gasteiger partial charge in [-0.3, -0.25) is 0 Å². The monoisotopic (exact) mass is 261 g/mol.